The van der Waals surface area contributed by atoms with Gasteiger partial charge in [-0.15, -0.1) is 0 Å². The Labute approximate surface area is 187 Å². The summed E-state index contributed by atoms with van der Waals surface area (Å²) in [5.74, 6) is -0.393. The van der Waals surface area contributed by atoms with E-state index in [9.17, 15) is 9.59 Å². The molecule has 0 bridgehead atoms. The van der Waals surface area contributed by atoms with Crippen molar-refractivity contribution in [2.45, 2.75) is 25.8 Å². The highest BCUT2D eigenvalue weighted by Crippen LogP contribution is 2.37. The number of carbonyl (C=O) groups excluding carboxylic acids is 2. The molecule has 9 heteroatoms. The summed E-state index contributed by atoms with van der Waals surface area (Å²) in [6.07, 6.45) is 0. The number of halogens is 1. The van der Waals surface area contributed by atoms with Crippen LogP contribution in [0.2, 0.25) is 0 Å². The van der Waals surface area contributed by atoms with Gasteiger partial charge in [0.05, 0.1) is 18.7 Å². The third kappa shape index (κ3) is 3.88. The molecule has 1 aliphatic rings. The zero-order valence-corrected chi connectivity index (χ0v) is 18.8. The van der Waals surface area contributed by atoms with Crippen LogP contribution in [-0.2, 0) is 9.53 Å². The lowest BCUT2D eigenvalue weighted by Crippen LogP contribution is -2.31. The zero-order valence-electron chi connectivity index (χ0n) is 17.2. The van der Waals surface area contributed by atoms with E-state index >= 15 is 0 Å². The lowest BCUT2D eigenvalue weighted by atomic mass is 9.88. The summed E-state index contributed by atoms with van der Waals surface area (Å²) in [4.78, 5) is 26.4. The lowest BCUT2D eigenvalue weighted by Gasteiger charge is -2.28. The maximum absolute atomic E-state index is 13.6. The zero-order chi connectivity index (χ0) is 22.1. The largest absolute Gasteiger partial charge is 0.464 e. The highest BCUT2D eigenvalue weighted by molar-refractivity contribution is 9.10. The maximum Gasteiger partial charge on any atom is 0.357 e. The molecule has 1 atom stereocenters. The van der Waals surface area contributed by atoms with E-state index in [0.29, 0.717) is 11.5 Å². The molecule has 0 fully saturated rings. The number of nitrogens with zero attached hydrogens (tertiary/aromatic N) is 4. The van der Waals surface area contributed by atoms with Crippen molar-refractivity contribution in [2.75, 3.05) is 12.4 Å². The number of hydrogen-bond donors (Lipinski definition) is 1. The Morgan fingerprint density at radius 3 is 2.39 bits per heavy atom. The average molecular weight is 482 g/mol. The molecule has 1 aliphatic heterocycles. The molecule has 2 aromatic carbocycles. The molecule has 0 radical (unpaired) electrons. The minimum Gasteiger partial charge on any atom is -0.464 e. The molecule has 3 aromatic rings. The SMILES string of the molecule is COC(=O)C1=C(C(=O)c2ccc(Br)cc2)C(c2ccc(C(C)C)cc2)Nc2nnnn21. The molecule has 1 N–H and O–H groups in total. The number of benzene rings is 2. The van der Waals surface area contributed by atoms with Gasteiger partial charge < -0.3 is 10.1 Å². The lowest BCUT2D eigenvalue weighted by molar-refractivity contribution is -0.134. The first-order chi connectivity index (χ1) is 14.9. The van der Waals surface area contributed by atoms with E-state index < -0.39 is 12.0 Å². The molecule has 0 amide bonds. The van der Waals surface area contributed by atoms with Crippen LogP contribution in [0.25, 0.3) is 5.70 Å². The second-order valence-electron chi connectivity index (χ2n) is 7.40. The number of aromatic nitrogens is 4. The Bertz CT molecular complexity index is 1170. The number of carbonyl (C=O) groups is 2. The van der Waals surface area contributed by atoms with Gasteiger partial charge in [-0.25, -0.2) is 4.79 Å². The third-order valence-electron chi connectivity index (χ3n) is 5.16. The number of rotatable bonds is 5. The summed E-state index contributed by atoms with van der Waals surface area (Å²) in [6, 6.07) is 14.2. The molecule has 31 heavy (non-hydrogen) atoms. The fourth-order valence-electron chi connectivity index (χ4n) is 3.49. The molecule has 2 heterocycles. The van der Waals surface area contributed by atoms with Crippen LogP contribution in [0.15, 0.2) is 58.6 Å². The number of nitrogens with one attached hydrogen (secondary N) is 1. The molecule has 1 unspecified atom stereocenters. The number of esters is 1. The minimum absolute atomic E-state index is 0.00731. The van der Waals surface area contributed by atoms with Gasteiger partial charge in [-0.05, 0) is 51.7 Å². The van der Waals surface area contributed by atoms with Gasteiger partial charge in [0, 0.05) is 10.0 Å². The number of tetrazole rings is 1. The van der Waals surface area contributed by atoms with Crippen LogP contribution in [-0.4, -0.2) is 39.1 Å². The second-order valence-corrected chi connectivity index (χ2v) is 8.32. The Morgan fingerprint density at radius 2 is 1.77 bits per heavy atom. The van der Waals surface area contributed by atoms with E-state index in [1.165, 1.54) is 17.4 Å². The van der Waals surface area contributed by atoms with Crippen molar-refractivity contribution in [3.63, 3.8) is 0 Å². The fourth-order valence-corrected chi connectivity index (χ4v) is 3.76. The van der Waals surface area contributed by atoms with Crippen molar-refractivity contribution < 1.29 is 14.3 Å². The molecule has 1 aromatic heterocycles. The number of ether oxygens (including phenoxy) is 1. The van der Waals surface area contributed by atoms with Crippen LogP contribution in [0.3, 0.4) is 0 Å². The van der Waals surface area contributed by atoms with Crippen LogP contribution >= 0.6 is 15.9 Å². The average Bonchev–Trinajstić information content (AvgIpc) is 3.25. The van der Waals surface area contributed by atoms with Gasteiger partial charge in [0.15, 0.2) is 11.5 Å². The van der Waals surface area contributed by atoms with Crippen molar-refractivity contribution in [2.24, 2.45) is 0 Å². The van der Waals surface area contributed by atoms with Crippen LogP contribution < -0.4 is 5.32 Å². The number of Topliss-reactive ketones (excluding diaryl/α,β-unsaturated/α-hetero) is 1. The van der Waals surface area contributed by atoms with E-state index in [-0.39, 0.29) is 23.0 Å². The van der Waals surface area contributed by atoms with Crippen LogP contribution in [0.1, 0.15) is 47.3 Å². The summed E-state index contributed by atoms with van der Waals surface area (Å²) >= 11 is 3.38. The molecular weight excluding hydrogens is 462 g/mol. The quantitative estimate of drug-likeness (QED) is 0.434. The molecule has 8 nitrogen and oxygen atoms in total. The summed E-state index contributed by atoms with van der Waals surface area (Å²) in [7, 11) is 1.26. The number of fused-ring (bicyclic) bond motifs is 1. The summed E-state index contributed by atoms with van der Waals surface area (Å²) in [6.45, 7) is 4.22. The van der Waals surface area contributed by atoms with Crippen molar-refractivity contribution in [1.29, 1.82) is 0 Å². The molecule has 158 valence electrons. The van der Waals surface area contributed by atoms with E-state index in [2.05, 4.69) is 50.6 Å². The van der Waals surface area contributed by atoms with Crippen molar-refractivity contribution >= 4 is 39.3 Å². The predicted octanol–water partition coefficient (Wildman–Crippen LogP) is 3.99. The van der Waals surface area contributed by atoms with E-state index in [1.807, 2.05) is 24.3 Å². The van der Waals surface area contributed by atoms with Gasteiger partial charge in [0.1, 0.15) is 0 Å². The van der Waals surface area contributed by atoms with Gasteiger partial charge in [0.2, 0.25) is 5.95 Å². The first kappa shape index (κ1) is 20.9. The van der Waals surface area contributed by atoms with Gasteiger partial charge >= 0.3 is 5.97 Å². The third-order valence-corrected chi connectivity index (χ3v) is 5.69. The standard InChI is InChI=1S/C22H20BrN5O3/c1-12(2)13-4-6-14(7-5-13)18-17(20(29)15-8-10-16(23)11-9-15)19(21(30)31-3)28-22(24-18)25-26-27-28/h4-12,18H,1-3H3,(H,24,25,27). The van der Waals surface area contributed by atoms with E-state index in [1.54, 1.807) is 24.3 Å². The van der Waals surface area contributed by atoms with Gasteiger partial charge in [-0.3, -0.25) is 4.79 Å². The van der Waals surface area contributed by atoms with Crippen molar-refractivity contribution in [3.8, 4) is 0 Å². The number of anilines is 1. The number of ketones is 1. The monoisotopic (exact) mass is 481 g/mol. The van der Waals surface area contributed by atoms with Crippen LogP contribution in [0.4, 0.5) is 5.95 Å². The summed E-state index contributed by atoms with van der Waals surface area (Å²) < 4.78 is 7.03. The normalized spacial score (nSPS) is 15.5. The first-order valence-corrected chi connectivity index (χ1v) is 10.5. The van der Waals surface area contributed by atoms with E-state index in [4.69, 9.17) is 4.74 Å². The second kappa shape index (κ2) is 8.43. The number of methoxy groups -OCH3 is 1. The topological polar surface area (TPSA) is 99.0 Å². The van der Waals surface area contributed by atoms with Gasteiger partial charge in [-0.2, -0.15) is 4.68 Å². The molecule has 0 saturated carbocycles. The molecule has 4 rings (SSSR count). The summed E-state index contributed by atoms with van der Waals surface area (Å²) in [5, 5.41) is 14.7. The smallest absolute Gasteiger partial charge is 0.357 e. The highest BCUT2D eigenvalue weighted by Gasteiger charge is 2.38. The predicted molar refractivity (Wildman–Crippen MR) is 118 cm³/mol. The minimum atomic E-state index is -0.695. The molecule has 0 saturated heterocycles. The van der Waals surface area contributed by atoms with Crippen LogP contribution in [0, 0.1) is 0 Å². The first-order valence-electron chi connectivity index (χ1n) is 9.68. The van der Waals surface area contributed by atoms with E-state index in [0.717, 1.165) is 10.0 Å². The van der Waals surface area contributed by atoms with Gasteiger partial charge in [0.25, 0.3) is 0 Å². The molecule has 0 spiro atoms. The summed E-state index contributed by atoms with van der Waals surface area (Å²) in [5.41, 5.74) is 2.61. The fraction of sp³-hybridized carbons (Fsp3) is 0.227. The number of hydrogen-bond acceptors (Lipinski definition) is 7. The van der Waals surface area contributed by atoms with Crippen LogP contribution in [0.5, 0.6) is 0 Å². The molecular formula is C22H20BrN5O3. The Hall–Kier alpha value is -3.33. The Morgan fingerprint density at radius 1 is 1.10 bits per heavy atom. The Kier molecular flexibility index (Phi) is 5.69. The molecule has 0 aliphatic carbocycles. The van der Waals surface area contributed by atoms with Crippen molar-refractivity contribution in [3.05, 3.63) is 75.3 Å². The highest BCUT2D eigenvalue weighted by atomic mass is 79.9. The van der Waals surface area contributed by atoms with Gasteiger partial charge in [-0.1, -0.05) is 59.1 Å². The Balaban J connectivity index is 1.91. The van der Waals surface area contributed by atoms with Crippen molar-refractivity contribution in [1.82, 2.24) is 20.2 Å². The maximum atomic E-state index is 13.6.